The van der Waals surface area contributed by atoms with Crippen LogP contribution in [0.25, 0.3) is 0 Å². The van der Waals surface area contributed by atoms with Crippen molar-refractivity contribution in [3.05, 3.63) is 0 Å². The maximum Gasteiger partial charge on any atom is 0.500 e. The highest BCUT2D eigenvalue weighted by Gasteiger charge is 2.37. The van der Waals surface area contributed by atoms with Gasteiger partial charge in [-0.2, -0.15) is 0 Å². The second-order valence-electron chi connectivity index (χ2n) is 6.17. The normalized spacial score (nSPS) is 13.7. The van der Waals surface area contributed by atoms with Crippen molar-refractivity contribution in [2.45, 2.75) is 51.6 Å². The van der Waals surface area contributed by atoms with Crippen LogP contribution in [0.15, 0.2) is 0 Å². The summed E-state index contributed by atoms with van der Waals surface area (Å²) < 4.78 is 15.9. The lowest BCUT2D eigenvalue weighted by molar-refractivity contribution is -0.147. The van der Waals surface area contributed by atoms with Gasteiger partial charge in [-0.1, -0.05) is 6.42 Å². The van der Waals surface area contributed by atoms with Crippen LogP contribution in [0.1, 0.15) is 40.0 Å². The van der Waals surface area contributed by atoms with Crippen molar-refractivity contribution in [3.8, 4) is 0 Å². The summed E-state index contributed by atoms with van der Waals surface area (Å²) in [6.07, 6.45) is 1.53. The van der Waals surface area contributed by atoms with Crippen LogP contribution in [0.5, 0.6) is 0 Å². The second-order valence-corrected chi connectivity index (χ2v) is 9.26. The lowest BCUT2D eigenvalue weighted by Crippen LogP contribution is -2.46. The quantitative estimate of drug-likeness (QED) is 0.358. The van der Waals surface area contributed by atoms with Gasteiger partial charge in [-0.05, 0) is 33.6 Å². The van der Waals surface area contributed by atoms with Crippen LogP contribution in [0, 0.1) is 5.92 Å². The summed E-state index contributed by atoms with van der Waals surface area (Å²) in [5.74, 6) is -2.59. The largest absolute Gasteiger partial charge is 0.500 e. The Morgan fingerprint density at radius 3 is 1.95 bits per heavy atom. The molecule has 0 saturated carbocycles. The first kappa shape index (κ1) is 21.0. The van der Waals surface area contributed by atoms with Crippen molar-refractivity contribution >= 4 is 20.7 Å². The summed E-state index contributed by atoms with van der Waals surface area (Å²) in [4.78, 5) is 23.3. The van der Waals surface area contributed by atoms with E-state index in [0.29, 0.717) is 18.9 Å². The van der Waals surface area contributed by atoms with Gasteiger partial charge in [0.25, 0.3) is 0 Å². The Labute approximate surface area is 133 Å². The standard InChI is InChI=1S/C14H29NO6Si/c1-14(2,3)15-12(16)11(13(17)18)9-7-8-10-22(19-4,20-5)21-6/h11H,7-10H2,1-6H3,(H,15,16)(H,17,18). The maximum atomic E-state index is 12.0. The van der Waals surface area contributed by atoms with Crippen molar-refractivity contribution in [3.63, 3.8) is 0 Å². The summed E-state index contributed by atoms with van der Waals surface area (Å²) >= 11 is 0. The first-order valence-corrected chi connectivity index (χ1v) is 9.24. The van der Waals surface area contributed by atoms with Crippen LogP contribution in [-0.2, 0) is 22.9 Å². The monoisotopic (exact) mass is 335 g/mol. The number of aliphatic carboxylic acids is 1. The minimum absolute atomic E-state index is 0.277. The molecule has 0 aliphatic heterocycles. The number of carboxylic acid groups (broad SMARTS) is 1. The van der Waals surface area contributed by atoms with E-state index in [-0.39, 0.29) is 6.42 Å². The Balaban J connectivity index is 4.44. The first-order valence-electron chi connectivity index (χ1n) is 7.31. The molecule has 0 saturated heterocycles. The molecule has 2 N–H and O–H groups in total. The highest BCUT2D eigenvalue weighted by atomic mass is 28.4. The summed E-state index contributed by atoms with van der Waals surface area (Å²) in [6.45, 7) is 5.46. The van der Waals surface area contributed by atoms with E-state index in [0.717, 1.165) is 0 Å². The number of carbonyl (C=O) groups is 2. The molecule has 0 aromatic rings. The Morgan fingerprint density at radius 1 is 1.09 bits per heavy atom. The van der Waals surface area contributed by atoms with E-state index < -0.39 is 32.1 Å². The number of rotatable bonds is 10. The number of amides is 1. The average Bonchev–Trinajstić information content (AvgIpc) is 2.41. The number of nitrogens with one attached hydrogen (secondary N) is 1. The van der Waals surface area contributed by atoms with Gasteiger partial charge >= 0.3 is 14.8 Å². The van der Waals surface area contributed by atoms with Gasteiger partial charge < -0.3 is 23.7 Å². The molecule has 0 aromatic carbocycles. The molecule has 1 amide bonds. The highest BCUT2D eigenvalue weighted by molar-refractivity contribution is 6.60. The van der Waals surface area contributed by atoms with Gasteiger partial charge in [-0.25, -0.2) is 0 Å². The summed E-state index contributed by atoms with van der Waals surface area (Å²) in [5, 5.41) is 11.9. The van der Waals surface area contributed by atoms with Crippen molar-refractivity contribution in [2.24, 2.45) is 5.92 Å². The fourth-order valence-corrected chi connectivity index (χ4v) is 3.86. The Kier molecular flexibility index (Phi) is 8.83. The van der Waals surface area contributed by atoms with Crippen LogP contribution in [0.2, 0.25) is 6.04 Å². The van der Waals surface area contributed by atoms with E-state index >= 15 is 0 Å². The van der Waals surface area contributed by atoms with Crippen molar-refractivity contribution in [1.29, 1.82) is 0 Å². The van der Waals surface area contributed by atoms with Crippen LogP contribution in [0.3, 0.4) is 0 Å². The molecular formula is C14H29NO6Si. The molecule has 0 aliphatic rings. The topological polar surface area (TPSA) is 94.1 Å². The van der Waals surface area contributed by atoms with Crippen LogP contribution >= 0.6 is 0 Å². The third kappa shape index (κ3) is 7.35. The minimum Gasteiger partial charge on any atom is -0.481 e. The first-order chi connectivity index (χ1) is 10.1. The number of carboxylic acids is 1. The number of unbranched alkanes of at least 4 members (excludes halogenated alkanes) is 1. The van der Waals surface area contributed by atoms with E-state index in [1.165, 1.54) is 21.3 Å². The highest BCUT2D eigenvalue weighted by Crippen LogP contribution is 2.19. The number of carbonyl (C=O) groups excluding carboxylic acids is 1. The fourth-order valence-electron chi connectivity index (χ4n) is 2.07. The molecule has 8 heteroatoms. The van der Waals surface area contributed by atoms with Crippen LogP contribution in [-0.4, -0.2) is 52.7 Å². The Bertz CT molecular complexity index is 357. The molecular weight excluding hydrogens is 306 g/mol. The smallest absolute Gasteiger partial charge is 0.481 e. The van der Waals surface area contributed by atoms with Gasteiger partial charge in [0.15, 0.2) is 0 Å². The summed E-state index contributed by atoms with van der Waals surface area (Å²) in [6, 6.07) is 0.587. The SMILES string of the molecule is CO[Si](CCCCC(C(=O)O)C(=O)NC(C)(C)C)(OC)OC. The molecule has 1 unspecified atom stereocenters. The fraction of sp³-hybridized carbons (Fsp3) is 0.857. The van der Waals surface area contributed by atoms with Gasteiger partial charge in [-0.3, -0.25) is 9.59 Å². The molecule has 130 valence electrons. The molecule has 7 nitrogen and oxygen atoms in total. The van der Waals surface area contributed by atoms with E-state index in [2.05, 4.69) is 5.32 Å². The lowest BCUT2D eigenvalue weighted by atomic mass is 9.99. The molecule has 1 atom stereocenters. The van der Waals surface area contributed by atoms with E-state index in [9.17, 15) is 14.7 Å². The zero-order chi connectivity index (χ0) is 17.4. The van der Waals surface area contributed by atoms with Crippen LogP contribution < -0.4 is 5.32 Å². The number of hydrogen-bond acceptors (Lipinski definition) is 5. The van der Waals surface area contributed by atoms with Gasteiger partial charge in [0.05, 0.1) is 0 Å². The molecule has 0 fully saturated rings. The average molecular weight is 335 g/mol. The van der Waals surface area contributed by atoms with Crippen LogP contribution in [0.4, 0.5) is 0 Å². The zero-order valence-electron chi connectivity index (χ0n) is 14.4. The molecule has 0 radical (unpaired) electrons. The van der Waals surface area contributed by atoms with Crippen molar-refractivity contribution in [2.75, 3.05) is 21.3 Å². The third-order valence-electron chi connectivity index (χ3n) is 3.27. The molecule has 0 aliphatic carbocycles. The molecule has 0 heterocycles. The Morgan fingerprint density at radius 2 is 1.59 bits per heavy atom. The predicted molar refractivity (Wildman–Crippen MR) is 84.5 cm³/mol. The molecule has 0 bridgehead atoms. The Hall–Kier alpha value is -0.963. The number of hydrogen-bond donors (Lipinski definition) is 2. The molecule has 0 spiro atoms. The molecule has 0 rings (SSSR count). The lowest BCUT2D eigenvalue weighted by Gasteiger charge is -2.25. The third-order valence-corrected chi connectivity index (χ3v) is 6.10. The van der Waals surface area contributed by atoms with Crippen molar-refractivity contribution < 1.29 is 28.0 Å². The van der Waals surface area contributed by atoms with Gasteiger partial charge in [0.1, 0.15) is 5.92 Å². The van der Waals surface area contributed by atoms with E-state index in [1.807, 2.05) is 20.8 Å². The van der Waals surface area contributed by atoms with Gasteiger partial charge in [-0.15, -0.1) is 0 Å². The van der Waals surface area contributed by atoms with E-state index in [1.54, 1.807) is 0 Å². The van der Waals surface area contributed by atoms with Crippen molar-refractivity contribution in [1.82, 2.24) is 5.32 Å². The van der Waals surface area contributed by atoms with Gasteiger partial charge in [0.2, 0.25) is 5.91 Å². The zero-order valence-corrected chi connectivity index (χ0v) is 15.4. The summed E-state index contributed by atoms with van der Waals surface area (Å²) in [5.41, 5.74) is -0.449. The molecule has 22 heavy (non-hydrogen) atoms. The van der Waals surface area contributed by atoms with Gasteiger partial charge in [0, 0.05) is 32.9 Å². The maximum absolute atomic E-state index is 12.0. The second kappa shape index (κ2) is 9.24. The molecule has 0 aromatic heterocycles. The van der Waals surface area contributed by atoms with E-state index in [4.69, 9.17) is 13.3 Å². The summed E-state index contributed by atoms with van der Waals surface area (Å²) in [7, 11) is 1.98. The predicted octanol–water partition coefficient (Wildman–Crippen LogP) is 1.65. The minimum atomic E-state index is -2.63.